The van der Waals surface area contributed by atoms with Crippen LogP contribution >= 0.6 is 0 Å². The summed E-state index contributed by atoms with van der Waals surface area (Å²) in [5.74, 6) is -1.42. The van der Waals surface area contributed by atoms with Crippen LogP contribution in [-0.4, -0.2) is 42.4 Å². The Labute approximate surface area is 132 Å². The zero-order chi connectivity index (χ0) is 17.4. The number of rotatable bonds is 7. The number of hydrogen-bond acceptors (Lipinski definition) is 6. The van der Waals surface area contributed by atoms with Crippen LogP contribution in [0.5, 0.6) is 0 Å². The van der Waals surface area contributed by atoms with Crippen molar-refractivity contribution < 1.29 is 24.0 Å². The lowest BCUT2D eigenvalue weighted by Gasteiger charge is -2.11. The van der Waals surface area contributed by atoms with E-state index in [1.165, 1.54) is 38.3 Å². The van der Waals surface area contributed by atoms with Gasteiger partial charge in [-0.2, -0.15) is 0 Å². The van der Waals surface area contributed by atoms with Crippen LogP contribution in [0.3, 0.4) is 0 Å². The molecule has 0 heterocycles. The van der Waals surface area contributed by atoms with Crippen LogP contribution in [0.15, 0.2) is 24.3 Å². The minimum atomic E-state index is -0.766. The molecule has 0 aliphatic heterocycles. The molecule has 0 saturated carbocycles. The summed E-state index contributed by atoms with van der Waals surface area (Å²) in [5, 5.41) is 15.4. The summed E-state index contributed by atoms with van der Waals surface area (Å²) in [6, 6.07) is 4.33. The van der Waals surface area contributed by atoms with E-state index in [4.69, 9.17) is 0 Å². The minimum Gasteiger partial charge on any atom is -0.467 e. The maximum atomic E-state index is 11.8. The smallest absolute Gasteiger partial charge is 0.328 e. The molecule has 1 rings (SSSR count). The number of nitrogens with one attached hydrogen (secondary N) is 2. The molecule has 23 heavy (non-hydrogen) atoms. The summed E-state index contributed by atoms with van der Waals surface area (Å²) >= 11 is 0. The Morgan fingerprint density at radius 2 is 1.87 bits per heavy atom. The second kappa shape index (κ2) is 8.47. The van der Waals surface area contributed by atoms with Crippen LogP contribution < -0.4 is 10.6 Å². The highest BCUT2D eigenvalue weighted by molar-refractivity contribution is 5.94. The molecular weight excluding hydrogens is 306 g/mol. The molecule has 0 spiro atoms. The molecule has 1 aromatic carbocycles. The second-order valence-electron chi connectivity index (χ2n) is 4.62. The van der Waals surface area contributed by atoms with Crippen molar-refractivity contribution in [3.8, 4) is 0 Å². The summed E-state index contributed by atoms with van der Waals surface area (Å²) < 4.78 is 4.47. The number of nitro groups is 1. The highest BCUT2D eigenvalue weighted by Crippen LogP contribution is 2.11. The number of carbonyl (C=O) groups is 3. The molecule has 0 bridgehead atoms. The van der Waals surface area contributed by atoms with Crippen LogP contribution in [0, 0.1) is 10.1 Å². The van der Waals surface area contributed by atoms with Crippen LogP contribution in [0.25, 0.3) is 0 Å². The van der Waals surface area contributed by atoms with E-state index >= 15 is 0 Å². The SMILES string of the molecule is COC(=O)C(C)NC(=O)CCNC(=O)c1ccc([N+](=O)[O-])cc1. The molecule has 0 aliphatic rings. The predicted molar refractivity (Wildman–Crippen MR) is 79.7 cm³/mol. The maximum absolute atomic E-state index is 11.8. The molecule has 2 N–H and O–H groups in total. The van der Waals surface area contributed by atoms with Crippen molar-refractivity contribution in [2.24, 2.45) is 0 Å². The summed E-state index contributed by atoms with van der Waals surface area (Å²) in [6.07, 6.45) is -0.0138. The predicted octanol–water partition coefficient (Wildman–Crippen LogP) is 0.392. The first-order valence-electron chi connectivity index (χ1n) is 6.75. The number of nitrogens with zero attached hydrogens (tertiary/aromatic N) is 1. The van der Waals surface area contributed by atoms with Gasteiger partial charge in [-0.05, 0) is 19.1 Å². The largest absolute Gasteiger partial charge is 0.467 e. The molecule has 1 atom stereocenters. The summed E-state index contributed by atoms with van der Waals surface area (Å²) in [5.41, 5.74) is 0.136. The average Bonchev–Trinajstić information content (AvgIpc) is 2.53. The molecule has 0 radical (unpaired) electrons. The molecule has 2 amide bonds. The molecule has 0 aromatic heterocycles. The molecular formula is C14H17N3O6. The van der Waals surface area contributed by atoms with Gasteiger partial charge < -0.3 is 15.4 Å². The third kappa shape index (κ3) is 5.73. The zero-order valence-corrected chi connectivity index (χ0v) is 12.7. The Morgan fingerprint density at radius 3 is 2.39 bits per heavy atom. The van der Waals surface area contributed by atoms with Crippen LogP contribution in [0.1, 0.15) is 23.7 Å². The minimum absolute atomic E-state index is 0.0138. The van der Waals surface area contributed by atoms with Gasteiger partial charge in [0.2, 0.25) is 5.91 Å². The van der Waals surface area contributed by atoms with Gasteiger partial charge in [-0.3, -0.25) is 19.7 Å². The molecule has 0 saturated heterocycles. The van der Waals surface area contributed by atoms with E-state index in [2.05, 4.69) is 15.4 Å². The number of nitro benzene ring substituents is 1. The Hall–Kier alpha value is -2.97. The lowest BCUT2D eigenvalue weighted by atomic mass is 10.2. The third-order valence-corrected chi connectivity index (χ3v) is 2.91. The Morgan fingerprint density at radius 1 is 1.26 bits per heavy atom. The normalized spacial score (nSPS) is 11.2. The number of non-ortho nitro benzene ring substituents is 1. The van der Waals surface area contributed by atoms with Crippen molar-refractivity contribution in [1.82, 2.24) is 10.6 Å². The number of esters is 1. The van der Waals surface area contributed by atoms with Gasteiger partial charge in [0, 0.05) is 30.7 Å². The van der Waals surface area contributed by atoms with Crippen LogP contribution in [0.2, 0.25) is 0 Å². The van der Waals surface area contributed by atoms with Gasteiger partial charge in [0.15, 0.2) is 0 Å². The fourth-order valence-corrected chi connectivity index (χ4v) is 1.68. The maximum Gasteiger partial charge on any atom is 0.328 e. The summed E-state index contributed by atoms with van der Waals surface area (Å²) in [7, 11) is 1.22. The van der Waals surface area contributed by atoms with Gasteiger partial charge in [0.1, 0.15) is 6.04 Å². The lowest BCUT2D eigenvalue weighted by molar-refractivity contribution is -0.384. The Kier molecular flexibility index (Phi) is 6.66. The summed E-state index contributed by atoms with van der Waals surface area (Å²) in [4.78, 5) is 44.5. The van der Waals surface area contributed by atoms with Crippen molar-refractivity contribution in [2.45, 2.75) is 19.4 Å². The molecule has 1 aromatic rings. The number of hydrogen-bond donors (Lipinski definition) is 2. The van der Waals surface area contributed by atoms with Crippen molar-refractivity contribution in [3.63, 3.8) is 0 Å². The van der Waals surface area contributed by atoms with Crippen molar-refractivity contribution >= 4 is 23.5 Å². The van der Waals surface area contributed by atoms with Crippen LogP contribution in [-0.2, 0) is 14.3 Å². The number of amides is 2. The fourth-order valence-electron chi connectivity index (χ4n) is 1.68. The fraction of sp³-hybridized carbons (Fsp3) is 0.357. The Bertz CT molecular complexity index is 599. The first-order valence-corrected chi connectivity index (χ1v) is 6.75. The first-order chi connectivity index (χ1) is 10.8. The van der Waals surface area contributed by atoms with Crippen LogP contribution in [0.4, 0.5) is 5.69 Å². The van der Waals surface area contributed by atoms with E-state index in [1.807, 2.05) is 0 Å². The van der Waals surface area contributed by atoms with Crippen molar-refractivity contribution in [1.29, 1.82) is 0 Å². The molecule has 9 nitrogen and oxygen atoms in total. The van der Waals surface area contributed by atoms with E-state index in [-0.39, 0.29) is 24.2 Å². The number of carbonyl (C=O) groups excluding carboxylic acids is 3. The van der Waals surface area contributed by atoms with Gasteiger partial charge in [-0.1, -0.05) is 0 Å². The highest BCUT2D eigenvalue weighted by atomic mass is 16.6. The quantitative estimate of drug-likeness (QED) is 0.424. The van der Waals surface area contributed by atoms with Crippen molar-refractivity contribution in [3.05, 3.63) is 39.9 Å². The van der Waals surface area contributed by atoms with Gasteiger partial charge in [-0.15, -0.1) is 0 Å². The molecule has 9 heteroatoms. The van der Waals surface area contributed by atoms with Gasteiger partial charge in [0.05, 0.1) is 12.0 Å². The monoisotopic (exact) mass is 323 g/mol. The van der Waals surface area contributed by atoms with Crippen molar-refractivity contribution in [2.75, 3.05) is 13.7 Å². The van der Waals surface area contributed by atoms with E-state index in [9.17, 15) is 24.5 Å². The third-order valence-electron chi connectivity index (χ3n) is 2.91. The zero-order valence-electron chi connectivity index (χ0n) is 12.7. The second-order valence-corrected chi connectivity index (χ2v) is 4.62. The average molecular weight is 323 g/mol. The standard InChI is InChI=1S/C14H17N3O6/c1-9(14(20)23-2)16-12(18)7-8-15-13(19)10-3-5-11(6-4-10)17(21)22/h3-6,9H,7-8H2,1-2H3,(H,15,19)(H,16,18). The number of benzene rings is 1. The molecule has 1 unspecified atom stereocenters. The van der Waals surface area contributed by atoms with Gasteiger partial charge >= 0.3 is 5.97 Å². The van der Waals surface area contributed by atoms with Gasteiger partial charge in [0.25, 0.3) is 11.6 Å². The topological polar surface area (TPSA) is 128 Å². The Balaban J connectivity index is 2.40. The van der Waals surface area contributed by atoms with E-state index in [1.54, 1.807) is 0 Å². The lowest BCUT2D eigenvalue weighted by Crippen LogP contribution is -2.40. The summed E-state index contributed by atoms with van der Waals surface area (Å²) in [6.45, 7) is 1.55. The van der Waals surface area contributed by atoms with E-state index in [0.29, 0.717) is 0 Å². The molecule has 124 valence electrons. The number of methoxy groups -OCH3 is 1. The van der Waals surface area contributed by atoms with E-state index in [0.717, 1.165) is 0 Å². The highest BCUT2D eigenvalue weighted by Gasteiger charge is 2.15. The first kappa shape index (κ1) is 18.1. The van der Waals surface area contributed by atoms with Gasteiger partial charge in [-0.25, -0.2) is 4.79 Å². The molecule has 0 aliphatic carbocycles. The molecule has 0 fully saturated rings. The van der Waals surface area contributed by atoms with E-state index < -0.39 is 28.7 Å². The number of ether oxygens (including phenoxy) is 1.